The quantitative estimate of drug-likeness (QED) is 0.342. The van der Waals surface area contributed by atoms with Crippen molar-refractivity contribution in [3.63, 3.8) is 0 Å². The standard InChI is InChI=1S/C25H28Cl2N2O4S2/c1-18-6-8-19(9-7-18)17-33-22(20-4-3-5-21(14-20)32-2)16-28-10-12-29(13-11-28)35(30,31)23-15-24(26)34-25(23)27/h3-9,14-15,22H,10-13,16-17H2,1-2H3/t22-/m0/s1. The van der Waals surface area contributed by atoms with Gasteiger partial charge >= 0.3 is 0 Å². The van der Waals surface area contributed by atoms with E-state index in [0.717, 1.165) is 28.2 Å². The number of piperazine rings is 1. The van der Waals surface area contributed by atoms with Crippen LogP contribution < -0.4 is 4.74 Å². The molecule has 0 N–H and O–H groups in total. The number of hydrogen-bond donors (Lipinski definition) is 0. The van der Waals surface area contributed by atoms with E-state index < -0.39 is 10.0 Å². The van der Waals surface area contributed by atoms with Gasteiger partial charge in [0.05, 0.1) is 24.2 Å². The Hall–Kier alpha value is -1.65. The SMILES string of the molecule is COc1cccc([C@H](CN2CCN(S(=O)(=O)c3cc(Cl)sc3Cl)CC2)OCc2ccc(C)cc2)c1. The van der Waals surface area contributed by atoms with Crippen molar-refractivity contribution < 1.29 is 17.9 Å². The van der Waals surface area contributed by atoms with Crippen LogP contribution in [-0.4, -0.2) is 57.5 Å². The van der Waals surface area contributed by atoms with Crippen molar-refractivity contribution in [2.75, 3.05) is 39.8 Å². The molecule has 4 rings (SSSR count). The molecular formula is C25H28Cl2N2O4S2. The van der Waals surface area contributed by atoms with E-state index in [4.69, 9.17) is 32.7 Å². The van der Waals surface area contributed by atoms with Gasteiger partial charge in [-0.15, -0.1) is 11.3 Å². The normalized spacial score (nSPS) is 16.3. The number of ether oxygens (including phenoxy) is 2. The number of nitrogens with zero attached hydrogens (tertiary/aromatic N) is 2. The Morgan fingerprint density at radius 3 is 2.37 bits per heavy atom. The Balaban J connectivity index is 1.44. The number of benzene rings is 2. The third kappa shape index (κ3) is 6.57. The molecule has 1 atom stereocenters. The summed E-state index contributed by atoms with van der Waals surface area (Å²) in [6.07, 6.45) is -0.195. The highest BCUT2D eigenvalue weighted by Gasteiger charge is 2.32. The largest absolute Gasteiger partial charge is 0.497 e. The van der Waals surface area contributed by atoms with Gasteiger partial charge in [-0.3, -0.25) is 4.90 Å². The minimum absolute atomic E-state index is 0.0818. The number of rotatable bonds is 9. The molecule has 0 spiro atoms. The van der Waals surface area contributed by atoms with Crippen molar-refractivity contribution >= 4 is 44.6 Å². The lowest BCUT2D eigenvalue weighted by molar-refractivity contribution is 0.00763. The molecule has 1 aliphatic heterocycles. The Morgan fingerprint density at radius 1 is 1.03 bits per heavy atom. The van der Waals surface area contributed by atoms with E-state index in [1.165, 1.54) is 15.9 Å². The lowest BCUT2D eigenvalue weighted by atomic mass is 10.1. The molecule has 10 heteroatoms. The van der Waals surface area contributed by atoms with E-state index in [1.54, 1.807) is 7.11 Å². The van der Waals surface area contributed by atoms with Crippen LogP contribution in [0.4, 0.5) is 0 Å². The molecule has 0 saturated carbocycles. The van der Waals surface area contributed by atoms with Crippen LogP contribution in [-0.2, 0) is 21.4 Å². The molecule has 2 aromatic carbocycles. The number of aryl methyl sites for hydroxylation is 1. The molecule has 1 saturated heterocycles. The van der Waals surface area contributed by atoms with Crippen molar-refractivity contribution in [2.24, 2.45) is 0 Å². The van der Waals surface area contributed by atoms with Gasteiger partial charge in [0.2, 0.25) is 10.0 Å². The summed E-state index contributed by atoms with van der Waals surface area (Å²) in [5.41, 5.74) is 3.33. The second kappa shape index (κ2) is 11.6. The molecule has 0 radical (unpaired) electrons. The van der Waals surface area contributed by atoms with E-state index in [1.807, 2.05) is 24.3 Å². The van der Waals surface area contributed by atoms with Crippen LogP contribution in [0, 0.1) is 6.92 Å². The fraction of sp³-hybridized carbons (Fsp3) is 0.360. The summed E-state index contributed by atoms with van der Waals surface area (Å²) < 4.78 is 39.9. The summed E-state index contributed by atoms with van der Waals surface area (Å²) in [5, 5.41) is 0. The van der Waals surface area contributed by atoms with Crippen molar-refractivity contribution in [1.29, 1.82) is 0 Å². The van der Waals surface area contributed by atoms with Gasteiger partial charge in [-0.2, -0.15) is 4.31 Å². The highest BCUT2D eigenvalue weighted by Crippen LogP contribution is 2.36. The zero-order valence-electron chi connectivity index (χ0n) is 19.6. The van der Waals surface area contributed by atoms with E-state index in [9.17, 15) is 8.42 Å². The molecule has 0 unspecified atom stereocenters. The third-order valence-electron chi connectivity index (χ3n) is 6.04. The molecule has 0 amide bonds. The van der Waals surface area contributed by atoms with Gasteiger partial charge in [-0.1, -0.05) is 65.2 Å². The molecule has 1 aromatic heterocycles. The molecule has 0 aliphatic carbocycles. The van der Waals surface area contributed by atoms with Gasteiger partial charge in [0.15, 0.2) is 0 Å². The van der Waals surface area contributed by atoms with E-state index in [2.05, 4.69) is 36.1 Å². The molecule has 188 valence electrons. The Morgan fingerprint density at radius 2 is 1.74 bits per heavy atom. The van der Waals surface area contributed by atoms with Gasteiger partial charge in [0.25, 0.3) is 0 Å². The van der Waals surface area contributed by atoms with Gasteiger partial charge in [0, 0.05) is 32.7 Å². The lowest BCUT2D eigenvalue weighted by Crippen LogP contribution is -2.49. The number of sulfonamides is 1. The van der Waals surface area contributed by atoms with Crippen LogP contribution in [0.2, 0.25) is 8.67 Å². The first-order chi connectivity index (χ1) is 16.8. The number of hydrogen-bond acceptors (Lipinski definition) is 6. The summed E-state index contributed by atoms with van der Waals surface area (Å²) in [7, 11) is -2.04. The van der Waals surface area contributed by atoms with Gasteiger partial charge in [0.1, 0.15) is 15.0 Å². The van der Waals surface area contributed by atoms with Gasteiger partial charge in [-0.05, 0) is 36.2 Å². The van der Waals surface area contributed by atoms with Crippen LogP contribution in [0.25, 0.3) is 0 Å². The first-order valence-corrected chi connectivity index (χ1v) is 14.3. The minimum atomic E-state index is -3.68. The predicted molar refractivity (Wildman–Crippen MR) is 141 cm³/mol. The average Bonchev–Trinajstić information content (AvgIpc) is 3.21. The monoisotopic (exact) mass is 554 g/mol. The van der Waals surface area contributed by atoms with E-state index >= 15 is 0 Å². The highest BCUT2D eigenvalue weighted by atomic mass is 35.5. The van der Waals surface area contributed by atoms with Crippen molar-refractivity contribution in [2.45, 2.75) is 24.5 Å². The predicted octanol–water partition coefficient (Wildman–Crippen LogP) is 5.64. The maximum absolute atomic E-state index is 13.1. The van der Waals surface area contributed by atoms with Crippen LogP contribution in [0.3, 0.4) is 0 Å². The number of halogens is 2. The Labute approximate surface area is 221 Å². The minimum Gasteiger partial charge on any atom is -0.497 e. The fourth-order valence-electron chi connectivity index (χ4n) is 4.00. The lowest BCUT2D eigenvalue weighted by Gasteiger charge is -2.35. The smallest absolute Gasteiger partial charge is 0.245 e. The second-order valence-corrected chi connectivity index (χ2v) is 12.6. The van der Waals surface area contributed by atoms with Crippen molar-refractivity contribution in [1.82, 2.24) is 9.21 Å². The molecule has 1 fully saturated rings. The van der Waals surface area contributed by atoms with Gasteiger partial charge in [-0.25, -0.2) is 8.42 Å². The third-order valence-corrected chi connectivity index (χ3v) is 9.69. The molecule has 1 aliphatic rings. The molecule has 35 heavy (non-hydrogen) atoms. The molecular weight excluding hydrogens is 527 g/mol. The Bertz CT molecular complexity index is 1240. The highest BCUT2D eigenvalue weighted by molar-refractivity contribution is 7.89. The Kier molecular flexibility index (Phi) is 8.76. The zero-order valence-corrected chi connectivity index (χ0v) is 22.8. The molecule has 0 bridgehead atoms. The summed E-state index contributed by atoms with van der Waals surface area (Å²) in [6.45, 7) is 5.09. The van der Waals surface area contributed by atoms with Gasteiger partial charge < -0.3 is 9.47 Å². The summed E-state index contributed by atoms with van der Waals surface area (Å²) in [4.78, 5) is 2.31. The first-order valence-electron chi connectivity index (χ1n) is 11.2. The molecule has 6 nitrogen and oxygen atoms in total. The maximum atomic E-state index is 13.1. The maximum Gasteiger partial charge on any atom is 0.245 e. The molecule has 3 aromatic rings. The van der Waals surface area contributed by atoms with Crippen LogP contribution >= 0.6 is 34.5 Å². The summed E-state index contributed by atoms with van der Waals surface area (Å²) >= 11 is 13.2. The second-order valence-electron chi connectivity index (χ2n) is 8.46. The zero-order chi connectivity index (χ0) is 25.0. The van der Waals surface area contributed by atoms with E-state index in [0.29, 0.717) is 43.7 Å². The topological polar surface area (TPSA) is 59.1 Å². The number of methoxy groups -OCH3 is 1. The van der Waals surface area contributed by atoms with Crippen LogP contribution in [0.15, 0.2) is 59.5 Å². The first kappa shape index (κ1) is 26.4. The van der Waals surface area contributed by atoms with E-state index in [-0.39, 0.29) is 15.3 Å². The summed E-state index contributed by atoms with van der Waals surface area (Å²) in [6, 6.07) is 17.6. The number of thiophene rings is 1. The summed E-state index contributed by atoms with van der Waals surface area (Å²) in [5.74, 6) is 0.772. The molecule has 2 heterocycles. The van der Waals surface area contributed by atoms with Crippen LogP contribution in [0.1, 0.15) is 22.8 Å². The fourth-order valence-corrected chi connectivity index (χ4v) is 7.54. The van der Waals surface area contributed by atoms with Crippen molar-refractivity contribution in [3.8, 4) is 5.75 Å². The van der Waals surface area contributed by atoms with Crippen LogP contribution in [0.5, 0.6) is 5.75 Å². The average molecular weight is 556 g/mol. The van der Waals surface area contributed by atoms with Crippen molar-refractivity contribution in [3.05, 3.63) is 80.0 Å².